The highest BCUT2D eigenvalue weighted by atomic mass is 16.5. The Labute approximate surface area is 179 Å². The first kappa shape index (κ1) is 21.8. The van der Waals surface area contributed by atoms with Gasteiger partial charge in [-0.3, -0.25) is 14.9 Å². The lowest BCUT2D eigenvalue weighted by Gasteiger charge is -2.26. The van der Waals surface area contributed by atoms with Gasteiger partial charge in [-0.15, -0.1) is 0 Å². The number of rotatable bonds is 7. The van der Waals surface area contributed by atoms with Crippen molar-refractivity contribution >= 4 is 0 Å². The predicted octanol–water partition coefficient (Wildman–Crippen LogP) is 5.00. The van der Waals surface area contributed by atoms with E-state index in [1.54, 1.807) is 13.3 Å². The lowest BCUT2D eigenvalue weighted by molar-refractivity contribution is 0.237. The average molecular weight is 406 g/mol. The summed E-state index contributed by atoms with van der Waals surface area (Å²) in [5.41, 5.74) is 4.47. The van der Waals surface area contributed by atoms with Crippen molar-refractivity contribution < 1.29 is 9.84 Å². The molecule has 1 aromatic carbocycles. The summed E-state index contributed by atoms with van der Waals surface area (Å²) in [7, 11) is 1.66. The fraction of sp³-hybridized carbons (Fsp3) is 0.360. The third-order valence-corrected chi connectivity index (χ3v) is 5.04. The zero-order valence-corrected chi connectivity index (χ0v) is 18.5. The van der Waals surface area contributed by atoms with Crippen LogP contribution in [0.2, 0.25) is 0 Å². The molecule has 0 bridgehead atoms. The van der Waals surface area contributed by atoms with Gasteiger partial charge in [-0.05, 0) is 48.7 Å². The summed E-state index contributed by atoms with van der Waals surface area (Å²) in [6.45, 7) is 10.1. The molecule has 0 aliphatic rings. The summed E-state index contributed by atoms with van der Waals surface area (Å²) >= 11 is 0. The number of benzene rings is 1. The number of ether oxygens (including phenoxy) is 1. The third-order valence-electron chi connectivity index (χ3n) is 5.04. The van der Waals surface area contributed by atoms with E-state index in [1.165, 1.54) is 0 Å². The molecule has 0 spiro atoms. The number of hydrogen-bond donors (Lipinski definition) is 1. The largest absolute Gasteiger partial charge is 0.507 e. The molecule has 0 saturated carbocycles. The Hall–Kier alpha value is -2.92. The normalized spacial score (nSPS) is 11.7. The van der Waals surface area contributed by atoms with Crippen molar-refractivity contribution in [3.63, 3.8) is 0 Å². The molecule has 0 aliphatic carbocycles. The van der Waals surface area contributed by atoms with E-state index in [1.807, 2.05) is 55.5 Å². The maximum Gasteiger partial charge on any atom is 0.124 e. The molecule has 0 aliphatic heterocycles. The van der Waals surface area contributed by atoms with Crippen molar-refractivity contribution in [2.45, 2.75) is 52.7 Å². The quantitative estimate of drug-likeness (QED) is 0.599. The lowest BCUT2D eigenvalue weighted by Crippen LogP contribution is -2.24. The van der Waals surface area contributed by atoms with Crippen molar-refractivity contribution in [2.24, 2.45) is 0 Å². The Bertz CT molecular complexity index is 981. The summed E-state index contributed by atoms with van der Waals surface area (Å²) in [5, 5.41) is 11.1. The third kappa shape index (κ3) is 5.57. The first-order valence-electron chi connectivity index (χ1n) is 10.2. The smallest absolute Gasteiger partial charge is 0.124 e. The maximum absolute atomic E-state index is 11.1. The second-order valence-electron chi connectivity index (χ2n) is 8.67. The van der Waals surface area contributed by atoms with Crippen molar-refractivity contribution in [3.05, 3.63) is 82.9 Å². The number of aryl methyl sites for hydroxylation is 1. The molecule has 3 aromatic rings. The summed E-state index contributed by atoms with van der Waals surface area (Å²) in [6, 6.07) is 15.8. The maximum atomic E-state index is 11.1. The molecule has 30 heavy (non-hydrogen) atoms. The molecule has 5 heteroatoms. The summed E-state index contributed by atoms with van der Waals surface area (Å²) < 4.78 is 5.53. The van der Waals surface area contributed by atoms with Gasteiger partial charge in [-0.25, -0.2) is 0 Å². The number of hydrogen-bond acceptors (Lipinski definition) is 5. The van der Waals surface area contributed by atoms with Crippen LogP contribution in [0.3, 0.4) is 0 Å². The van der Waals surface area contributed by atoms with Gasteiger partial charge >= 0.3 is 0 Å². The second kappa shape index (κ2) is 9.26. The molecule has 5 nitrogen and oxygen atoms in total. The zero-order valence-electron chi connectivity index (χ0n) is 18.5. The molecule has 0 unspecified atom stereocenters. The van der Waals surface area contributed by atoms with Gasteiger partial charge in [0, 0.05) is 42.7 Å². The minimum absolute atomic E-state index is 0.197. The SMILES string of the molecule is COc1cc(CN(Cc2ccccn2)Cc2cccc(C)n2)c(O)c(C(C)(C)C)c1. The Morgan fingerprint density at radius 1 is 0.967 bits per heavy atom. The van der Waals surface area contributed by atoms with Gasteiger partial charge in [-0.1, -0.05) is 32.9 Å². The molecule has 2 aromatic heterocycles. The molecule has 0 fully saturated rings. The van der Waals surface area contributed by atoms with E-state index in [-0.39, 0.29) is 5.41 Å². The van der Waals surface area contributed by atoms with Crippen molar-refractivity contribution in [1.29, 1.82) is 0 Å². The van der Waals surface area contributed by atoms with Crippen LogP contribution < -0.4 is 4.74 Å². The van der Waals surface area contributed by atoms with Crippen LogP contribution in [0.15, 0.2) is 54.7 Å². The van der Waals surface area contributed by atoms with Gasteiger partial charge in [-0.2, -0.15) is 0 Å². The number of aromatic hydroxyl groups is 1. The summed E-state index contributed by atoms with van der Waals surface area (Å²) in [6.07, 6.45) is 1.80. The van der Waals surface area contributed by atoms with E-state index in [0.717, 1.165) is 34.0 Å². The highest BCUT2D eigenvalue weighted by Gasteiger charge is 2.23. The van der Waals surface area contributed by atoms with E-state index in [0.29, 0.717) is 25.4 Å². The van der Waals surface area contributed by atoms with Crippen molar-refractivity contribution in [1.82, 2.24) is 14.9 Å². The molecule has 158 valence electrons. The number of pyridine rings is 2. The van der Waals surface area contributed by atoms with Crippen molar-refractivity contribution in [3.8, 4) is 11.5 Å². The Balaban J connectivity index is 1.95. The Kier molecular flexibility index (Phi) is 6.73. The number of phenols is 1. The van der Waals surface area contributed by atoms with Gasteiger partial charge in [0.15, 0.2) is 0 Å². The minimum atomic E-state index is -0.197. The molecule has 0 amide bonds. The van der Waals surface area contributed by atoms with Crippen LogP contribution in [0.4, 0.5) is 0 Å². The fourth-order valence-corrected chi connectivity index (χ4v) is 3.52. The molecule has 0 radical (unpaired) electrons. The van der Waals surface area contributed by atoms with E-state index < -0.39 is 0 Å². The van der Waals surface area contributed by atoms with Gasteiger partial charge in [0.25, 0.3) is 0 Å². The molecule has 2 heterocycles. The molecule has 0 saturated heterocycles. The number of nitrogens with zero attached hydrogens (tertiary/aromatic N) is 3. The molecular formula is C25H31N3O2. The van der Waals surface area contributed by atoms with Crippen LogP contribution in [0.25, 0.3) is 0 Å². The first-order valence-corrected chi connectivity index (χ1v) is 10.2. The standard InChI is InChI=1S/C25H31N3O2/c1-18-9-8-11-21(27-18)17-28(16-20-10-6-7-12-26-20)15-19-13-22(30-5)14-23(24(19)29)25(2,3)4/h6-14,29H,15-17H2,1-5H3. The van der Waals surface area contributed by atoms with Crippen LogP contribution >= 0.6 is 0 Å². The van der Waals surface area contributed by atoms with Crippen LogP contribution in [0.1, 0.15) is 49.0 Å². The second-order valence-corrected chi connectivity index (χ2v) is 8.67. The first-order chi connectivity index (χ1) is 14.3. The van der Waals surface area contributed by atoms with Crippen LogP contribution in [-0.4, -0.2) is 27.1 Å². The lowest BCUT2D eigenvalue weighted by atomic mass is 9.85. The molecule has 0 atom stereocenters. The number of aromatic nitrogens is 2. The van der Waals surface area contributed by atoms with Crippen molar-refractivity contribution in [2.75, 3.05) is 7.11 Å². The monoisotopic (exact) mass is 405 g/mol. The van der Waals surface area contributed by atoms with E-state index in [9.17, 15) is 5.11 Å². The highest BCUT2D eigenvalue weighted by molar-refractivity contribution is 5.49. The van der Waals surface area contributed by atoms with Crippen LogP contribution in [0.5, 0.6) is 11.5 Å². The van der Waals surface area contributed by atoms with E-state index in [2.05, 4.69) is 35.6 Å². The average Bonchev–Trinajstić information content (AvgIpc) is 2.69. The highest BCUT2D eigenvalue weighted by Crippen LogP contribution is 2.37. The molecular weight excluding hydrogens is 374 g/mol. The van der Waals surface area contributed by atoms with E-state index >= 15 is 0 Å². The Morgan fingerprint density at radius 2 is 1.70 bits per heavy atom. The fourth-order valence-electron chi connectivity index (χ4n) is 3.52. The Morgan fingerprint density at radius 3 is 2.33 bits per heavy atom. The zero-order chi connectivity index (χ0) is 21.7. The van der Waals surface area contributed by atoms with Gasteiger partial charge < -0.3 is 9.84 Å². The van der Waals surface area contributed by atoms with E-state index in [4.69, 9.17) is 4.74 Å². The van der Waals surface area contributed by atoms with Gasteiger partial charge in [0.2, 0.25) is 0 Å². The molecule has 3 rings (SSSR count). The van der Waals surface area contributed by atoms with Gasteiger partial charge in [0.05, 0.1) is 18.5 Å². The topological polar surface area (TPSA) is 58.5 Å². The number of methoxy groups -OCH3 is 1. The predicted molar refractivity (Wildman–Crippen MR) is 120 cm³/mol. The number of phenolic OH excluding ortho intramolecular Hbond substituents is 1. The van der Waals surface area contributed by atoms with Crippen LogP contribution in [0, 0.1) is 6.92 Å². The summed E-state index contributed by atoms with van der Waals surface area (Å²) in [5.74, 6) is 1.07. The van der Waals surface area contributed by atoms with Gasteiger partial charge in [0.1, 0.15) is 11.5 Å². The minimum Gasteiger partial charge on any atom is -0.507 e. The summed E-state index contributed by atoms with van der Waals surface area (Å²) in [4.78, 5) is 11.4. The molecule has 1 N–H and O–H groups in total. The van der Waals surface area contributed by atoms with Crippen LogP contribution in [-0.2, 0) is 25.0 Å².